The van der Waals surface area contributed by atoms with Crippen molar-refractivity contribution in [3.05, 3.63) is 24.0 Å². The highest BCUT2D eigenvalue weighted by atomic mass is 16.5. The van der Waals surface area contributed by atoms with Gasteiger partial charge in [0.2, 0.25) is 5.95 Å². The average Bonchev–Trinajstić information content (AvgIpc) is 3.34. The summed E-state index contributed by atoms with van der Waals surface area (Å²) >= 11 is 0. The molecule has 0 radical (unpaired) electrons. The van der Waals surface area contributed by atoms with Crippen LogP contribution in [0.25, 0.3) is 11.3 Å². The molecule has 2 N–H and O–H groups in total. The maximum atomic E-state index is 5.76. The first-order chi connectivity index (χ1) is 15.8. The maximum absolute atomic E-state index is 5.76. The highest BCUT2D eigenvalue weighted by Gasteiger charge is 2.20. The number of likely N-dealkylation sites (tertiary alicyclic amines) is 1. The number of methoxy groups -OCH3 is 1. The predicted octanol–water partition coefficient (Wildman–Crippen LogP) is 5.10. The molecule has 0 bridgehead atoms. The fourth-order valence-corrected chi connectivity index (χ4v) is 4.68. The van der Waals surface area contributed by atoms with Crippen molar-refractivity contribution in [2.45, 2.75) is 77.3 Å². The molecule has 1 aliphatic carbocycles. The van der Waals surface area contributed by atoms with Gasteiger partial charge in [0.05, 0.1) is 18.4 Å². The van der Waals surface area contributed by atoms with Gasteiger partial charge in [0.15, 0.2) is 0 Å². The molecule has 3 heterocycles. The van der Waals surface area contributed by atoms with Gasteiger partial charge in [-0.3, -0.25) is 9.88 Å². The molecule has 0 atom stereocenters. The molecule has 32 heavy (non-hydrogen) atoms. The van der Waals surface area contributed by atoms with Gasteiger partial charge in [-0.05, 0) is 45.2 Å². The molecule has 2 fully saturated rings. The second-order valence-electron chi connectivity index (χ2n) is 9.08. The number of rotatable bonds is 10. The highest BCUT2D eigenvalue weighted by molar-refractivity contribution is 5.74. The fraction of sp³-hybridized carbons (Fsp3) is 0.640. The molecule has 0 aromatic carbocycles. The van der Waals surface area contributed by atoms with Crippen molar-refractivity contribution in [3.8, 4) is 17.0 Å². The van der Waals surface area contributed by atoms with Crippen LogP contribution in [0.4, 0.5) is 11.8 Å². The maximum Gasteiger partial charge on any atom is 0.224 e. The van der Waals surface area contributed by atoms with Crippen molar-refractivity contribution in [1.29, 1.82) is 0 Å². The number of anilines is 2. The van der Waals surface area contributed by atoms with Crippen molar-refractivity contribution in [3.63, 3.8) is 0 Å². The van der Waals surface area contributed by atoms with Gasteiger partial charge in [0.25, 0.3) is 0 Å². The monoisotopic (exact) mass is 438 g/mol. The number of unbranched alkanes of at least 4 members (excludes halogenated alkanes) is 1. The van der Waals surface area contributed by atoms with E-state index in [0.717, 1.165) is 67.4 Å². The van der Waals surface area contributed by atoms with Crippen molar-refractivity contribution in [1.82, 2.24) is 19.9 Å². The van der Waals surface area contributed by atoms with E-state index in [2.05, 4.69) is 27.4 Å². The zero-order chi connectivity index (χ0) is 22.2. The Kier molecular flexibility index (Phi) is 8.15. The summed E-state index contributed by atoms with van der Waals surface area (Å²) in [5.41, 5.74) is 2.92. The Morgan fingerprint density at radius 3 is 2.62 bits per heavy atom. The van der Waals surface area contributed by atoms with E-state index >= 15 is 0 Å². The van der Waals surface area contributed by atoms with Crippen LogP contribution in [-0.2, 0) is 6.54 Å². The molecule has 4 rings (SSSR count). The normalized spacial score (nSPS) is 17.4. The summed E-state index contributed by atoms with van der Waals surface area (Å²) in [6.45, 7) is 6.27. The first-order valence-electron chi connectivity index (χ1n) is 12.4. The number of aromatic nitrogens is 3. The second kappa shape index (κ2) is 11.5. The van der Waals surface area contributed by atoms with Gasteiger partial charge in [-0.2, -0.15) is 4.98 Å². The molecule has 174 valence electrons. The van der Waals surface area contributed by atoms with Gasteiger partial charge in [0.1, 0.15) is 11.6 Å². The summed E-state index contributed by atoms with van der Waals surface area (Å²) in [6.07, 6.45) is 14.9. The zero-order valence-corrected chi connectivity index (χ0v) is 19.7. The Hall–Kier alpha value is -2.41. The number of hydrogen-bond donors (Lipinski definition) is 2. The third kappa shape index (κ3) is 5.88. The molecule has 1 aliphatic heterocycles. The smallest absolute Gasteiger partial charge is 0.224 e. The fourth-order valence-electron chi connectivity index (χ4n) is 4.68. The lowest BCUT2D eigenvalue weighted by Crippen LogP contribution is -2.23. The van der Waals surface area contributed by atoms with Crippen molar-refractivity contribution >= 4 is 11.8 Å². The summed E-state index contributed by atoms with van der Waals surface area (Å²) in [5, 5.41) is 7.07. The summed E-state index contributed by atoms with van der Waals surface area (Å²) in [5.74, 6) is 2.43. The van der Waals surface area contributed by atoms with Crippen LogP contribution in [0, 0.1) is 0 Å². The number of nitrogens with zero attached hydrogens (tertiary/aromatic N) is 4. The number of nitrogens with one attached hydrogen (secondary N) is 2. The van der Waals surface area contributed by atoms with E-state index in [1.54, 1.807) is 7.11 Å². The van der Waals surface area contributed by atoms with E-state index < -0.39 is 0 Å². The van der Waals surface area contributed by atoms with Crippen LogP contribution in [0.15, 0.2) is 18.5 Å². The first kappa shape index (κ1) is 22.8. The van der Waals surface area contributed by atoms with Crippen LogP contribution < -0.4 is 15.4 Å². The van der Waals surface area contributed by atoms with Gasteiger partial charge in [0, 0.05) is 43.2 Å². The molecule has 1 saturated carbocycles. The van der Waals surface area contributed by atoms with Gasteiger partial charge in [-0.25, -0.2) is 4.98 Å². The topological polar surface area (TPSA) is 75.2 Å². The van der Waals surface area contributed by atoms with Crippen LogP contribution in [0.3, 0.4) is 0 Å². The van der Waals surface area contributed by atoms with E-state index in [0.29, 0.717) is 12.0 Å². The molecule has 7 heteroatoms. The minimum atomic E-state index is 0.456. The van der Waals surface area contributed by atoms with Crippen LogP contribution in [-0.4, -0.2) is 52.6 Å². The lowest BCUT2D eigenvalue weighted by Gasteiger charge is -2.24. The Balaban J connectivity index is 1.59. The number of pyridine rings is 1. The molecular formula is C25H38N6O. The molecule has 0 amide bonds. The van der Waals surface area contributed by atoms with Crippen molar-refractivity contribution in [2.24, 2.45) is 0 Å². The summed E-state index contributed by atoms with van der Waals surface area (Å²) in [6, 6.07) is 2.50. The number of ether oxygens (including phenoxy) is 1. The third-order valence-corrected chi connectivity index (χ3v) is 6.58. The van der Waals surface area contributed by atoms with Crippen LogP contribution in [0.5, 0.6) is 5.75 Å². The largest absolute Gasteiger partial charge is 0.496 e. The Bertz CT molecular complexity index is 862. The van der Waals surface area contributed by atoms with E-state index in [4.69, 9.17) is 14.7 Å². The van der Waals surface area contributed by atoms with E-state index in [1.807, 2.05) is 18.5 Å². The van der Waals surface area contributed by atoms with Gasteiger partial charge >= 0.3 is 0 Å². The quantitative estimate of drug-likeness (QED) is 0.500. The Morgan fingerprint density at radius 2 is 1.88 bits per heavy atom. The summed E-state index contributed by atoms with van der Waals surface area (Å²) in [4.78, 5) is 16.7. The van der Waals surface area contributed by atoms with E-state index in [-0.39, 0.29) is 0 Å². The van der Waals surface area contributed by atoms with Crippen molar-refractivity contribution < 1.29 is 4.74 Å². The molecule has 1 saturated heterocycles. The molecule has 7 nitrogen and oxygen atoms in total. The van der Waals surface area contributed by atoms with Crippen LogP contribution in [0.2, 0.25) is 0 Å². The lowest BCUT2D eigenvalue weighted by molar-refractivity contribution is 0.320. The first-order valence-corrected chi connectivity index (χ1v) is 12.4. The molecular weight excluding hydrogens is 400 g/mol. The molecule has 0 spiro atoms. The average molecular weight is 439 g/mol. The van der Waals surface area contributed by atoms with Crippen molar-refractivity contribution in [2.75, 3.05) is 37.4 Å². The lowest BCUT2D eigenvalue weighted by atomic mass is 9.95. The molecule has 2 aromatic heterocycles. The molecule has 0 unspecified atom stereocenters. The van der Waals surface area contributed by atoms with Gasteiger partial charge < -0.3 is 15.4 Å². The number of hydrogen-bond acceptors (Lipinski definition) is 7. The predicted molar refractivity (Wildman–Crippen MR) is 130 cm³/mol. The molecule has 2 aliphatic rings. The van der Waals surface area contributed by atoms with Crippen LogP contribution in [0.1, 0.15) is 70.3 Å². The summed E-state index contributed by atoms with van der Waals surface area (Å²) in [7, 11) is 1.74. The third-order valence-electron chi connectivity index (χ3n) is 6.58. The standard InChI is InChI=1S/C25H38N6O/c1-3-4-12-26-25-28-17-21(24(30-25)29-20-10-6-5-7-11-20)22-15-23(32-2)19(16-27-22)18-31-13-8-9-14-31/h15-17,20H,3-14,18H2,1-2H3,(H2,26,28,29,30). The second-order valence-corrected chi connectivity index (χ2v) is 9.08. The van der Waals surface area contributed by atoms with E-state index in [1.165, 1.54) is 44.9 Å². The van der Waals surface area contributed by atoms with Gasteiger partial charge in [-0.1, -0.05) is 32.6 Å². The Morgan fingerprint density at radius 1 is 1.06 bits per heavy atom. The minimum Gasteiger partial charge on any atom is -0.496 e. The highest BCUT2D eigenvalue weighted by Crippen LogP contribution is 2.32. The van der Waals surface area contributed by atoms with E-state index in [9.17, 15) is 0 Å². The minimum absolute atomic E-state index is 0.456. The Labute approximate surface area is 192 Å². The SMILES string of the molecule is CCCCNc1ncc(-c2cc(OC)c(CN3CCCC3)cn2)c(NC2CCCCC2)n1. The molecule has 2 aromatic rings. The van der Waals surface area contributed by atoms with Gasteiger partial charge in [-0.15, -0.1) is 0 Å². The summed E-state index contributed by atoms with van der Waals surface area (Å²) < 4.78 is 5.76. The zero-order valence-electron chi connectivity index (χ0n) is 19.7. The van der Waals surface area contributed by atoms with Crippen LogP contribution >= 0.6 is 0 Å².